The van der Waals surface area contributed by atoms with Crippen LogP contribution in [0, 0.1) is 11.8 Å². The molecule has 2 saturated heterocycles. The van der Waals surface area contributed by atoms with Crippen LogP contribution in [0.4, 0.5) is 0 Å². The molecule has 25 nitrogen and oxygen atoms in total. The number of aromatic hydroxyl groups is 1. The lowest BCUT2D eigenvalue weighted by molar-refractivity contribution is -0.151. The van der Waals surface area contributed by atoms with Crippen LogP contribution < -0.4 is 59.7 Å². The van der Waals surface area contributed by atoms with Gasteiger partial charge < -0.3 is 74.8 Å². The molecule has 0 spiro atoms. The molecule has 25 heteroatoms. The van der Waals surface area contributed by atoms with Crippen LogP contribution in [0.1, 0.15) is 84.6 Å². The fourth-order valence-corrected chi connectivity index (χ4v) is 7.29. The highest BCUT2D eigenvalue weighted by Gasteiger charge is 2.43. The van der Waals surface area contributed by atoms with E-state index >= 15 is 0 Å². The minimum Gasteiger partial charge on any atom is -0.508 e. The van der Waals surface area contributed by atoms with Gasteiger partial charge in [-0.05, 0) is 61.6 Å². The summed E-state index contributed by atoms with van der Waals surface area (Å²) >= 11 is 0. The van der Waals surface area contributed by atoms with Crippen molar-refractivity contribution in [2.24, 2.45) is 29.0 Å². The maximum absolute atomic E-state index is 14.2. The highest BCUT2D eigenvalue weighted by atomic mass is 16.3. The first-order valence-electron chi connectivity index (χ1n) is 22.4. The number of phenolic OH excluding ortho intramolecular Hbond substituents is 1. The van der Waals surface area contributed by atoms with Crippen LogP contribution in [0.5, 0.6) is 5.75 Å². The number of rotatable bonds is 17. The molecule has 9 atom stereocenters. The third-order valence-electron chi connectivity index (χ3n) is 11.3. The van der Waals surface area contributed by atoms with Gasteiger partial charge in [-0.1, -0.05) is 46.2 Å². The number of aliphatic hydroxyl groups excluding tert-OH is 1. The van der Waals surface area contributed by atoms with Gasteiger partial charge in [-0.25, -0.2) is 0 Å². The average molecular weight is 959 g/mol. The zero-order valence-corrected chi connectivity index (χ0v) is 38.6. The number of phenols is 1. The highest BCUT2D eigenvalue weighted by molar-refractivity contribution is 6.00. The van der Waals surface area contributed by atoms with Crippen molar-refractivity contribution in [1.29, 1.82) is 0 Å². The van der Waals surface area contributed by atoms with Crippen molar-refractivity contribution in [1.82, 2.24) is 47.4 Å². The second kappa shape index (κ2) is 26.4. The Kier molecular flexibility index (Phi) is 21.6. The summed E-state index contributed by atoms with van der Waals surface area (Å²) in [6.07, 6.45) is -3.37. The molecule has 68 heavy (non-hydrogen) atoms. The SMILES string of the molecule is CCC(C)C1NC(=O)C(Cc2ccc(O)cc2)NC(=O)CNC(=O)CCC(C(=O)N2CCC2C(=O)NC(CC(C)C)C(=O)NCC(N)=O)NC(=O)C(CC(N)=O)NC(=O)C(CCC(N)O)NC1=O. The summed E-state index contributed by atoms with van der Waals surface area (Å²) in [7, 11) is 0. The van der Waals surface area contributed by atoms with Crippen molar-refractivity contribution >= 4 is 65.0 Å². The van der Waals surface area contributed by atoms with Crippen LogP contribution >= 0.6 is 0 Å². The summed E-state index contributed by atoms with van der Waals surface area (Å²) in [5.41, 5.74) is 16.7. The molecule has 2 heterocycles. The lowest BCUT2D eigenvalue weighted by Gasteiger charge is -2.42. The highest BCUT2D eigenvalue weighted by Crippen LogP contribution is 2.22. The van der Waals surface area contributed by atoms with Crippen molar-refractivity contribution in [3.8, 4) is 5.75 Å². The van der Waals surface area contributed by atoms with Crippen LogP contribution in [-0.2, 0) is 59.2 Å². The standard InChI is InChI=1S/C43H66N12O13/c1-5-22(4)36-42(67)50-25(10-12-31(44)57)38(63)52-29(18-32(45)58)39(64)51-26(43(68)55-15-14-30(55)41(66)53-27(16-21(2)3)37(62)48-19-33(46)59)11-13-34(60)47-20-35(61)49-28(40(65)54-36)17-23-6-8-24(56)9-7-23/h6-9,21-22,25-31,36,56-57H,5,10-20,44H2,1-4H3,(H2,45,58)(H2,46,59)(H,47,60)(H,48,62)(H,49,61)(H,50,67)(H,51,64)(H,52,63)(H,53,66)(H,54,65). The Morgan fingerprint density at radius 3 is 2.01 bits per heavy atom. The van der Waals surface area contributed by atoms with Crippen molar-refractivity contribution in [3.05, 3.63) is 29.8 Å². The lowest BCUT2D eigenvalue weighted by atomic mass is 9.96. The fraction of sp³-hybridized carbons (Fsp3) is 0.605. The first-order valence-corrected chi connectivity index (χ1v) is 22.4. The molecule has 0 saturated carbocycles. The normalized spacial score (nSPS) is 23.7. The van der Waals surface area contributed by atoms with Crippen molar-refractivity contribution in [2.75, 3.05) is 19.6 Å². The first kappa shape index (κ1) is 55.4. The molecule has 1 aromatic rings. The maximum Gasteiger partial charge on any atom is 0.245 e. The second-order valence-electron chi connectivity index (χ2n) is 17.4. The number of nitrogens with zero attached hydrogens (tertiary/aromatic N) is 1. The fourth-order valence-electron chi connectivity index (χ4n) is 7.29. The van der Waals surface area contributed by atoms with E-state index in [9.17, 15) is 63.0 Å². The van der Waals surface area contributed by atoms with Crippen molar-refractivity contribution in [2.45, 2.75) is 134 Å². The first-order chi connectivity index (χ1) is 32.0. The second-order valence-corrected chi connectivity index (χ2v) is 17.4. The van der Waals surface area contributed by atoms with Gasteiger partial charge in [0.05, 0.1) is 19.5 Å². The number of nitrogens with one attached hydrogen (secondary N) is 8. The zero-order chi connectivity index (χ0) is 50.8. The summed E-state index contributed by atoms with van der Waals surface area (Å²) in [5, 5.41) is 39.6. The number of aliphatic hydroxyl groups is 1. The zero-order valence-electron chi connectivity index (χ0n) is 38.6. The molecule has 16 N–H and O–H groups in total. The van der Waals surface area contributed by atoms with E-state index in [-0.39, 0.29) is 50.3 Å². The third-order valence-corrected chi connectivity index (χ3v) is 11.3. The number of nitrogens with two attached hydrogens (primary N) is 3. The van der Waals surface area contributed by atoms with Crippen LogP contribution in [0.2, 0.25) is 0 Å². The van der Waals surface area contributed by atoms with Gasteiger partial charge in [0, 0.05) is 19.4 Å². The number of benzene rings is 1. The Morgan fingerprint density at radius 1 is 0.809 bits per heavy atom. The molecule has 1 aromatic carbocycles. The van der Waals surface area contributed by atoms with Crippen LogP contribution in [-0.4, -0.2) is 148 Å². The number of primary amides is 2. The summed E-state index contributed by atoms with van der Waals surface area (Å²) in [5.74, 6) is -10.5. The van der Waals surface area contributed by atoms with Gasteiger partial charge in [0.2, 0.25) is 65.0 Å². The van der Waals surface area contributed by atoms with Gasteiger partial charge in [0.1, 0.15) is 54.3 Å². The molecule has 0 aliphatic carbocycles. The Labute approximate surface area is 392 Å². The van der Waals surface area contributed by atoms with Crippen LogP contribution in [0.25, 0.3) is 0 Å². The van der Waals surface area contributed by atoms with E-state index in [4.69, 9.17) is 17.2 Å². The van der Waals surface area contributed by atoms with E-state index in [2.05, 4.69) is 42.5 Å². The summed E-state index contributed by atoms with van der Waals surface area (Å²) < 4.78 is 0. The molecule has 2 fully saturated rings. The molecule has 0 bridgehead atoms. The predicted octanol–water partition coefficient (Wildman–Crippen LogP) is -5.02. The molecule has 2 aliphatic heterocycles. The number of hydrogen-bond donors (Lipinski definition) is 13. The molecule has 0 radical (unpaired) electrons. The number of carbonyl (C=O) groups is 11. The Bertz CT molecular complexity index is 2020. The largest absolute Gasteiger partial charge is 0.508 e. The summed E-state index contributed by atoms with van der Waals surface area (Å²) in [4.78, 5) is 148. The van der Waals surface area contributed by atoms with Gasteiger partial charge in [0.25, 0.3) is 0 Å². The topological polar surface area (TPSA) is 406 Å². The molecule has 0 aromatic heterocycles. The minimum atomic E-state index is -1.79. The minimum absolute atomic E-state index is 0.00920. The van der Waals surface area contributed by atoms with E-state index in [0.29, 0.717) is 12.0 Å². The van der Waals surface area contributed by atoms with Gasteiger partial charge in [0.15, 0.2) is 0 Å². The molecular formula is C43H66N12O13. The van der Waals surface area contributed by atoms with Gasteiger partial charge in [-0.2, -0.15) is 0 Å². The monoisotopic (exact) mass is 958 g/mol. The smallest absolute Gasteiger partial charge is 0.245 e. The molecule has 2 aliphatic rings. The summed E-state index contributed by atoms with van der Waals surface area (Å²) in [6, 6.07) is -4.17. The Balaban J connectivity index is 2.03. The molecule has 11 amide bonds. The van der Waals surface area contributed by atoms with E-state index < -0.39 is 152 Å². The van der Waals surface area contributed by atoms with E-state index in [1.165, 1.54) is 24.3 Å². The van der Waals surface area contributed by atoms with E-state index in [0.717, 1.165) is 4.90 Å². The van der Waals surface area contributed by atoms with E-state index in [1.54, 1.807) is 27.7 Å². The summed E-state index contributed by atoms with van der Waals surface area (Å²) in [6.45, 7) is 5.79. The Morgan fingerprint density at radius 2 is 1.44 bits per heavy atom. The predicted molar refractivity (Wildman–Crippen MR) is 240 cm³/mol. The molecule has 3 rings (SSSR count). The number of amides is 11. The number of likely N-dealkylation sites (tertiary alicyclic amines) is 1. The van der Waals surface area contributed by atoms with Crippen LogP contribution in [0.15, 0.2) is 24.3 Å². The van der Waals surface area contributed by atoms with Gasteiger partial charge >= 0.3 is 0 Å². The maximum atomic E-state index is 14.2. The van der Waals surface area contributed by atoms with Crippen molar-refractivity contribution < 1.29 is 63.0 Å². The van der Waals surface area contributed by atoms with Crippen molar-refractivity contribution in [3.63, 3.8) is 0 Å². The molecular weight excluding hydrogens is 893 g/mol. The quantitative estimate of drug-likeness (QED) is 0.0651. The van der Waals surface area contributed by atoms with E-state index in [1.807, 2.05) is 0 Å². The Hall–Kier alpha value is -6.89. The van der Waals surface area contributed by atoms with Gasteiger partial charge in [-0.15, -0.1) is 0 Å². The van der Waals surface area contributed by atoms with Gasteiger partial charge in [-0.3, -0.25) is 52.7 Å². The third kappa shape index (κ3) is 17.7. The van der Waals surface area contributed by atoms with Crippen LogP contribution in [0.3, 0.4) is 0 Å². The molecule has 376 valence electrons. The number of carbonyl (C=O) groups excluding carboxylic acids is 11. The lowest BCUT2D eigenvalue weighted by Crippen LogP contribution is -2.65. The molecule has 9 unspecified atom stereocenters. The number of hydrogen-bond acceptors (Lipinski definition) is 14. The average Bonchev–Trinajstić information content (AvgIpc) is 3.24.